The number of morpholine rings is 1. The highest BCUT2D eigenvalue weighted by Crippen LogP contribution is 2.31. The van der Waals surface area contributed by atoms with Gasteiger partial charge in [-0.1, -0.05) is 23.5 Å². The zero-order valence-corrected chi connectivity index (χ0v) is 17.0. The monoisotopic (exact) mass is 478 g/mol. The maximum atomic E-state index is 5.50. The summed E-state index contributed by atoms with van der Waals surface area (Å²) in [5, 5.41) is 0. The van der Waals surface area contributed by atoms with Crippen LogP contribution in [-0.4, -0.2) is 50.8 Å². The minimum absolute atomic E-state index is 0.644. The van der Waals surface area contributed by atoms with Gasteiger partial charge >= 0.3 is 0 Å². The van der Waals surface area contributed by atoms with Gasteiger partial charge in [0, 0.05) is 13.1 Å². The van der Waals surface area contributed by atoms with Crippen molar-refractivity contribution >= 4 is 61.1 Å². The second-order valence-corrected chi connectivity index (χ2v) is 8.78. The van der Waals surface area contributed by atoms with E-state index in [0.717, 1.165) is 49.1 Å². The number of imidazole rings is 1. The summed E-state index contributed by atoms with van der Waals surface area (Å²) in [4.78, 5) is 22.2. The fourth-order valence-electron chi connectivity index (χ4n) is 3.27. The number of nitrogens with zero attached hydrogens (tertiary/aromatic N) is 6. The average molecular weight is 478 g/mol. The van der Waals surface area contributed by atoms with Crippen LogP contribution in [0.4, 0.5) is 5.82 Å². The number of rotatable bonds is 2. The van der Waals surface area contributed by atoms with E-state index in [4.69, 9.17) is 14.7 Å². The first-order chi connectivity index (χ1) is 12.7. The molecule has 1 fully saturated rings. The Balaban J connectivity index is 1.76. The molecule has 4 aromatic rings. The first kappa shape index (κ1) is 16.3. The van der Waals surface area contributed by atoms with Crippen LogP contribution in [0.25, 0.3) is 27.3 Å². The number of hydrogen-bond acceptors (Lipinski definition) is 7. The molecule has 0 atom stereocenters. The van der Waals surface area contributed by atoms with Crippen LogP contribution in [0.2, 0.25) is 0 Å². The summed E-state index contributed by atoms with van der Waals surface area (Å²) in [5.74, 6) is 2.40. The van der Waals surface area contributed by atoms with Crippen LogP contribution >= 0.6 is 33.9 Å². The number of aryl methyl sites for hydroxylation is 1. The second kappa shape index (κ2) is 6.39. The fraction of sp³-hybridized carbons (Fsp3) is 0.294. The van der Waals surface area contributed by atoms with Gasteiger partial charge in [-0.15, -0.1) is 0 Å². The molecule has 0 saturated carbocycles. The van der Waals surface area contributed by atoms with Crippen LogP contribution in [-0.2, 0) is 4.74 Å². The Bertz CT molecular complexity index is 1120. The van der Waals surface area contributed by atoms with Gasteiger partial charge in [-0.2, -0.15) is 9.97 Å². The summed E-state index contributed by atoms with van der Waals surface area (Å²) in [6.45, 7) is 5.01. The van der Waals surface area contributed by atoms with Crippen LogP contribution in [0, 0.1) is 9.94 Å². The van der Waals surface area contributed by atoms with E-state index in [9.17, 15) is 0 Å². The second-order valence-electron chi connectivity index (χ2n) is 6.05. The molecular formula is C17H15IN6OS. The van der Waals surface area contributed by atoms with Gasteiger partial charge in [-0.05, 0) is 41.6 Å². The van der Waals surface area contributed by atoms with E-state index in [1.54, 1.807) is 11.3 Å². The highest BCUT2D eigenvalue weighted by Gasteiger charge is 2.22. The molecule has 4 heterocycles. The maximum absolute atomic E-state index is 5.50. The number of benzene rings is 1. The van der Waals surface area contributed by atoms with Crippen molar-refractivity contribution in [1.82, 2.24) is 24.5 Å². The van der Waals surface area contributed by atoms with E-state index in [1.807, 2.05) is 35.8 Å². The lowest BCUT2D eigenvalue weighted by Gasteiger charge is -2.28. The molecule has 0 bridgehead atoms. The number of para-hydroxylation sites is 2. The number of aromatic nitrogens is 5. The van der Waals surface area contributed by atoms with Gasteiger partial charge in [0.2, 0.25) is 5.95 Å². The predicted octanol–water partition coefficient (Wildman–Crippen LogP) is 3.17. The lowest BCUT2D eigenvalue weighted by molar-refractivity contribution is 0.122. The number of halogens is 1. The molecule has 132 valence electrons. The van der Waals surface area contributed by atoms with Crippen molar-refractivity contribution in [1.29, 1.82) is 0 Å². The standard InChI is InChI=1S/C17H15IN6OS/c1-10-19-11-4-2-3-5-12(11)24(10)17-21-14(23-6-8-25-9-7-23)13-15(22-17)26-16(18)20-13/h2-5H,6-9H2,1H3. The highest BCUT2D eigenvalue weighted by molar-refractivity contribution is 14.1. The van der Waals surface area contributed by atoms with Gasteiger partial charge in [-0.25, -0.2) is 9.97 Å². The van der Waals surface area contributed by atoms with Gasteiger partial charge in [0.25, 0.3) is 0 Å². The lowest BCUT2D eigenvalue weighted by Crippen LogP contribution is -2.37. The van der Waals surface area contributed by atoms with Crippen molar-refractivity contribution in [2.45, 2.75) is 6.92 Å². The number of ether oxygens (including phenoxy) is 1. The van der Waals surface area contributed by atoms with Gasteiger partial charge in [0.15, 0.2) is 13.7 Å². The third-order valence-electron chi connectivity index (χ3n) is 4.44. The number of fused-ring (bicyclic) bond motifs is 2. The predicted molar refractivity (Wildman–Crippen MR) is 110 cm³/mol. The molecular weight excluding hydrogens is 463 g/mol. The Morgan fingerprint density at radius 3 is 2.73 bits per heavy atom. The highest BCUT2D eigenvalue weighted by atomic mass is 127. The topological polar surface area (TPSA) is 69.0 Å². The van der Waals surface area contributed by atoms with Crippen molar-refractivity contribution < 1.29 is 4.74 Å². The van der Waals surface area contributed by atoms with Crippen molar-refractivity contribution in [3.8, 4) is 5.95 Å². The molecule has 3 aromatic heterocycles. The average Bonchev–Trinajstić information content (AvgIpc) is 3.19. The first-order valence-electron chi connectivity index (χ1n) is 8.32. The molecule has 1 aromatic carbocycles. The molecule has 0 N–H and O–H groups in total. The summed E-state index contributed by atoms with van der Waals surface area (Å²) in [5.41, 5.74) is 2.82. The molecule has 1 aliphatic rings. The van der Waals surface area contributed by atoms with Gasteiger partial charge in [0.1, 0.15) is 11.3 Å². The van der Waals surface area contributed by atoms with Crippen LogP contribution in [0.5, 0.6) is 0 Å². The Kier molecular flexibility index (Phi) is 4.02. The minimum atomic E-state index is 0.644. The number of anilines is 1. The molecule has 0 aliphatic carbocycles. The largest absolute Gasteiger partial charge is 0.378 e. The Morgan fingerprint density at radius 2 is 1.88 bits per heavy atom. The van der Waals surface area contributed by atoms with E-state index in [2.05, 4.69) is 37.5 Å². The zero-order valence-electron chi connectivity index (χ0n) is 14.0. The Labute approximate surface area is 167 Å². The molecule has 7 nitrogen and oxygen atoms in total. The Hall–Kier alpha value is -1.85. The number of hydrogen-bond donors (Lipinski definition) is 0. The lowest BCUT2D eigenvalue weighted by atomic mass is 10.3. The quantitative estimate of drug-likeness (QED) is 0.413. The molecule has 5 rings (SSSR count). The summed E-state index contributed by atoms with van der Waals surface area (Å²) in [7, 11) is 0. The molecule has 26 heavy (non-hydrogen) atoms. The Morgan fingerprint density at radius 1 is 1.08 bits per heavy atom. The van der Waals surface area contributed by atoms with Crippen molar-refractivity contribution in [3.63, 3.8) is 0 Å². The van der Waals surface area contributed by atoms with Gasteiger partial charge in [-0.3, -0.25) is 4.57 Å². The molecule has 0 spiro atoms. The molecule has 9 heteroatoms. The van der Waals surface area contributed by atoms with Crippen LogP contribution < -0.4 is 4.90 Å². The van der Waals surface area contributed by atoms with Crippen molar-refractivity contribution in [2.75, 3.05) is 31.2 Å². The molecule has 1 aliphatic heterocycles. The molecule has 1 saturated heterocycles. The van der Waals surface area contributed by atoms with E-state index in [1.165, 1.54) is 0 Å². The first-order valence-corrected chi connectivity index (χ1v) is 10.2. The maximum Gasteiger partial charge on any atom is 0.239 e. The van der Waals surface area contributed by atoms with Crippen LogP contribution in [0.15, 0.2) is 24.3 Å². The van der Waals surface area contributed by atoms with E-state index in [0.29, 0.717) is 19.2 Å². The van der Waals surface area contributed by atoms with Gasteiger partial charge < -0.3 is 9.64 Å². The van der Waals surface area contributed by atoms with E-state index < -0.39 is 0 Å². The van der Waals surface area contributed by atoms with Crippen molar-refractivity contribution in [3.05, 3.63) is 33.1 Å². The van der Waals surface area contributed by atoms with E-state index >= 15 is 0 Å². The smallest absolute Gasteiger partial charge is 0.239 e. The summed E-state index contributed by atoms with van der Waals surface area (Å²) >= 11 is 3.83. The van der Waals surface area contributed by atoms with E-state index in [-0.39, 0.29) is 0 Å². The zero-order chi connectivity index (χ0) is 17.7. The summed E-state index contributed by atoms with van der Waals surface area (Å²) in [6, 6.07) is 8.06. The van der Waals surface area contributed by atoms with Crippen LogP contribution in [0.1, 0.15) is 5.82 Å². The number of thiazole rings is 1. The minimum Gasteiger partial charge on any atom is -0.378 e. The SMILES string of the molecule is Cc1nc2ccccc2n1-c1nc(N2CCOCC2)c2nc(I)sc2n1. The summed E-state index contributed by atoms with van der Waals surface area (Å²) in [6.07, 6.45) is 0. The normalized spacial score (nSPS) is 15.2. The summed E-state index contributed by atoms with van der Waals surface area (Å²) < 4.78 is 8.48. The molecule has 0 amide bonds. The third-order valence-corrected chi connectivity index (χ3v) is 6.08. The van der Waals surface area contributed by atoms with Crippen LogP contribution in [0.3, 0.4) is 0 Å². The third kappa shape index (κ3) is 2.65. The fourth-order valence-corrected chi connectivity index (χ4v) is 4.79. The molecule has 0 unspecified atom stereocenters. The van der Waals surface area contributed by atoms with Gasteiger partial charge in [0.05, 0.1) is 24.2 Å². The van der Waals surface area contributed by atoms with Crippen molar-refractivity contribution in [2.24, 2.45) is 0 Å². The molecule has 0 radical (unpaired) electrons.